The molecule has 0 unspecified atom stereocenters. The topological polar surface area (TPSA) is 77.4 Å². The van der Waals surface area contributed by atoms with Gasteiger partial charge in [-0.25, -0.2) is 8.42 Å². The standard InChI is InChI=1S/C21H28N2O4S/c1-5-12-23-16(4)15(3)19(20(23)22-21(24)18-7-6-13-27-18)28(25,26)17-10-8-14(2)9-11-17/h8-11,18H,5-7,12-13H2,1-4H3,(H,22,24)/t18-/m0/s1. The van der Waals surface area contributed by atoms with E-state index in [1.807, 2.05) is 25.3 Å². The van der Waals surface area contributed by atoms with Crippen LogP contribution in [0.15, 0.2) is 34.1 Å². The lowest BCUT2D eigenvalue weighted by Crippen LogP contribution is -2.29. The van der Waals surface area contributed by atoms with Gasteiger partial charge in [0, 0.05) is 18.8 Å². The monoisotopic (exact) mass is 404 g/mol. The highest BCUT2D eigenvalue weighted by atomic mass is 32.2. The number of carbonyl (C=O) groups is 1. The van der Waals surface area contributed by atoms with Crippen LogP contribution in [0.25, 0.3) is 0 Å². The van der Waals surface area contributed by atoms with Crippen molar-refractivity contribution in [2.24, 2.45) is 0 Å². The second kappa shape index (κ2) is 8.09. The van der Waals surface area contributed by atoms with Crippen molar-refractivity contribution in [2.45, 2.75) is 69.4 Å². The first-order valence-electron chi connectivity index (χ1n) is 9.71. The van der Waals surface area contributed by atoms with Gasteiger partial charge < -0.3 is 14.6 Å². The number of nitrogens with one attached hydrogen (secondary N) is 1. The van der Waals surface area contributed by atoms with Crippen LogP contribution in [0.4, 0.5) is 5.82 Å². The highest BCUT2D eigenvalue weighted by molar-refractivity contribution is 7.91. The molecule has 1 amide bonds. The van der Waals surface area contributed by atoms with Gasteiger partial charge in [-0.05, 0) is 57.7 Å². The maximum atomic E-state index is 13.5. The van der Waals surface area contributed by atoms with Crippen molar-refractivity contribution in [2.75, 3.05) is 11.9 Å². The molecule has 28 heavy (non-hydrogen) atoms. The van der Waals surface area contributed by atoms with Crippen LogP contribution < -0.4 is 5.32 Å². The largest absolute Gasteiger partial charge is 0.368 e. The molecule has 0 saturated carbocycles. The number of nitrogens with zero attached hydrogens (tertiary/aromatic N) is 1. The van der Waals surface area contributed by atoms with Crippen molar-refractivity contribution in [3.05, 3.63) is 41.1 Å². The SMILES string of the molecule is CCCn1c(C)c(C)c(S(=O)(=O)c2ccc(C)cc2)c1NC(=O)[C@@H]1CCCO1. The molecule has 1 aromatic heterocycles. The van der Waals surface area contributed by atoms with Gasteiger partial charge in [-0.2, -0.15) is 0 Å². The van der Waals surface area contributed by atoms with Crippen molar-refractivity contribution in [1.29, 1.82) is 0 Å². The normalized spacial score (nSPS) is 17.1. The van der Waals surface area contributed by atoms with E-state index in [9.17, 15) is 13.2 Å². The molecule has 0 spiro atoms. The Morgan fingerprint density at radius 2 is 1.89 bits per heavy atom. The molecule has 2 heterocycles. The third kappa shape index (κ3) is 3.73. The minimum absolute atomic E-state index is 0.175. The molecule has 152 valence electrons. The van der Waals surface area contributed by atoms with Crippen LogP contribution in [0, 0.1) is 20.8 Å². The van der Waals surface area contributed by atoms with Crippen LogP contribution in [0.2, 0.25) is 0 Å². The summed E-state index contributed by atoms with van der Waals surface area (Å²) in [4.78, 5) is 13.1. The summed E-state index contributed by atoms with van der Waals surface area (Å²) in [6.45, 7) is 8.80. The summed E-state index contributed by atoms with van der Waals surface area (Å²) < 4.78 is 34.3. The number of hydrogen-bond acceptors (Lipinski definition) is 4. The molecule has 3 rings (SSSR count). The maximum Gasteiger partial charge on any atom is 0.254 e. The number of sulfone groups is 1. The lowest BCUT2D eigenvalue weighted by atomic mass is 10.2. The summed E-state index contributed by atoms with van der Waals surface area (Å²) in [5, 5.41) is 2.87. The molecule has 2 aromatic rings. The molecule has 1 aliphatic heterocycles. The van der Waals surface area contributed by atoms with Gasteiger partial charge in [-0.15, -0.1) is 0 Å². The van der Waals surface area contributed by atoms with Crippen molar-refractivity contribution in [3.8, 4) is 0 Å². The van der Waals surface area contributed by atoms with E-state index < -0.39 is 15.9 Å². The Balaban J connectivity index is 2.12. The zero-order valence-corrected chi connectivity index (χ0v) is 17.7. The van der Waals surface area contributed by atoms with Gasteiger partial charge in [0.05, 0.1) is 4.90 Å². The van der Waals surface area contributed by atoms with Crippen LogP contribution in [-0.4, -0.2) is 31.6 Å². The zero-order valence-electron chi connectivity index (χ0n) is 16.9. The van der Waals surface area contributed by atoms with E-state index in [1.54, 1.807) is 31.2 Å². The first kappa shape index (κ1) is 20.6. The molecule has 0 bridgehead atoms. The minimum atomic E-state index is -3.78. The van der Waals surface area contributed by atoms with Gasteiger partial charge in [0.25, 0.3) is 5.91 Å². The van der Waals surface area contributed by atoms with Crippen LogP contribution in [0.5, 0.6) is 0 Å². The molecule has 6 nitrogen and oxygen atoms in total. The lowest BCUT2D eigenvalue weighted by Gasteiger charge is -2.16. The van der Waals surface area contributed by atoms with Crippen LogP contribution in [-0.2, 0) is 25.9 Å². The van der Waals surface area contributed by atoms with Gasteiger partial charge in [0.2, 0.25) is 9.84 Å². The van der Waals surface area contributed by atoms with Crippen LogP contribution >= 0.6 is 0 Å². The molecule has 1 N–H and O–H groups in total. The Morgan fingerprint density at radius 3 is 2.46 bits per heavy atom. The predicted octanol–water partition coefficient (Wildman–Crippen LogP) is 3.77. The van der Waals surface area contributed by atoms with Gasteiger partial charge >= 0.3 is 0 Å². The van der Waals surface area contributed by atoms with Gasteiger partial charge in [-0.1, -0.05) is 24.6 Å². The smallest absolute Gasteiger partial charge is 0.254 e. The predicted molar refractivity (Wildman–Crippen MR) is 108 cm³/mol. The third-order valence-corrected chi connectivity index (χ3v) is 7.21. The highest BCUT2D eigenvalue weighted by Gasteiger charge is 2.32. The molecule has 0 radical (unpaired) electrons. The quantitative estimate of drug-likeness (QED) is 0.795. The van der Waals surface area contributed by atoms with Crippen molar-refractivity contribution in [3.63, 3.8) is 0 Å². The van der Waals surface area contributed by atoms with E-state index >= 15 is 0 Å². The summed E-state index contributed by atoms with van der Waals surface area (Å²) in [5.41, 5.74) is 2.49. The Labute approximate surface area is 166 Å². The Kier molecular flexibility index (Phi) is 5.95. The Morgan fingerprint density at radius 1 is 1.21 bits per heavy atom. The number of aryl methyl sites for hydroxylation is 1. The molecule has 0 aliphatic carbocycles. The van der Waals surface area contributed by atoms with Gasteiger partial charge in [-0.3, -0.25) is 4.79 Å². The molecule has 7 heteroatoms. The Hall–Kier alpha value is -2.12. The lowest BCUT2D eigenvalue weighted by molar-refractivity contribution is -0.124. The van der Waals surface area contributed by atoms with Gasteiger partial charge in [0.1, 0.15) is 16.8 Å². The van der Waals surface area contributed by atoms with E-state index in [2.05, 4.69) is 5.32 Å². The fraction of sp³-hybridized carbons (Fsp3) is 0.476. The third-order valence-electron chi connectivity index (χ3n) is 5.28. The number of hydrogen-bond donors (Lipinski definition) is 1. The fourth-order valence-electron chi connectivity index (χ4n) is 3.61. The molecule has 1 aromatic carbocycles. The number of carbonyl (C=O) groups excluding carboxylic acids is 1. The minimum Gasteiger partial charge on any atom is -0.368 e. The molecular weight excluding hydrogens is 376 g/mol. The number of rotatable bonds is 6. The molecular formula is C21H28N2O4S. The second-order valence-electron chi connectivity index (χ2n) is 7.35. The van der Waals surface area contributed by atoms with Crippen molar-refractivity contribution in [1.82, 2.24) is 4.57 Å². The fourth-order valence-corrected chi connectivity index (χ4v) is 5.30. The van der Waals surface area contributed by atoms with Gasteiger partial charge in [0.15, 0.2) is 0 Å². The molecule has 1 atom stereocenters. The second-order valence-corrected chi connectivity index (χ2v) is 9.23. The molecule has 1 fully saturated rings. The summed E-state index contributed by atoms with van der Waals surface area (Å²) in [6.07, 6.45) is 1.78. The highest BCUT2D eigenvalue weighted by Crippen LogP contribution is 2.36. The number of benzene rings is 1. The first-order valence-corrected chi connectivity index (χ1v) is 11.2. The average molecular weight is 405 g/mol. The van der Waals surface area contributed by atoms with Crippen LogP contribution in [0.1, 0.15) is 43.0 Å². The zero-order chi connectivity index (χ0) is 20.5. The van der Waals surface area contributed by atoms with E-state index in [1.165, 1.54) is 0 Å². The summed E-state index contributed by atoms with van der Waals surface area (Å²) in [6, 6.07) is 6.79. The number of ether oxygens (including phenoxy) is 1. The number of amides is 1. The van der Waals surface area contributed by atoms with Crippen LogP contribution in [0.3, 0.4) is 0 Å². The summed E-state index contributed by atoms with van der Waals surface area (Å²) in [5.74, 6) is 0.0608. The van der Waals surface area contributed by atoms with E-state index in [0.29, 0.717) is 31.0 Å². The average Bonchev–Trinajstić information content (AvgIpc) is 3.26. The van der Waals surface area contributed by atoms with E-state index in [0.717, 1.165) is 24.1 Å². The van der Waals surface area contributed by atoms with Crippen molar-refractivity contribution >= 4 is 21.6 Å². The maximum absolute atomic E-state index is 13.5. The molecule has 1 saturated heterocycles. The summed E-state index contributed by atoms with van der Waals surface area (Å²) >= 11 is 0. The van der Waals surface area contributed by atoms with Crippen molar-refractivity contribution < 1.29 is 17.9 Å². The molecule has 1 aliphatic rings. The summed E-state index contributed by atoms with van der Waals surface area (Å²) in [7, 11) is -3.78. The van der Waals surface area contributed by atoms with E-state index in [4.69, 9.17) is 4.74 Å². The number of aromatic nitrogens is 1. The number of anilines is 1. The first-order chi connectivity index (χ1) is 13.3. The Bertz CT molecular complexity index is 969. The van der Waals surface area contributed by atoms with E-state index in [-0.39, 0.29) is 15.7 Å².